The third-order valence-corrected chi connectivity index (χ3v) is 20.0. The highest BCUT2D eigenvalue weighted by Crippen LogP contribution is 2.48. The van der Waals surface area contributed by atoms with Crippen LogP contribution in [0.25, 0.3) is 78.1 Å². The maximum atomic E-state index is 13.9. The molecule has 4 aliphatic carbocycles. The first-order valence-corrected chi connectivity index (χ1v) is 33.6. The summed E-state index contributed by atoms with van der Waals surface area (Å²) in [6.07, 6.45) is 20.1. The molecule has 11 aromatic rings. The molecule has 4 aromatic carbocycles. The standard InChI is InChI=1S/C34H33N7O2.C33H35N7O2.C7H16O3.H2/c1-40-27-18-22(11-13-24(27)29(21-8-3-4-9-21)30(40)26-10-5-6-17-35-26)31(42)38-34(15-7-16-34)33-37-25-14-12-23(19-28(25)41(33)2)32-39-36-20-43-32;1-39-26-18-21(11-13-23(26)28(20-8-3-4-9-20)29(39)25-10-5-6-17-35-25)30(41)37-33(15-7-16-33)32-36-24-14-12-22(31(42)38-34)19-27(24)40(32)2;1-4-8-7(9-5-2)10-6-3;/h5-6,10-14,17-21H,3-4,7-9,15-16H2,1-2H3,(H,38,42);5-6,10-14,17-20H,3-4,7-9,15-16,34H2,1-2H3,(H,37,41)(H,38,42);7H,4-6H2,1-3H3;1H. The van der Waals surface area contributed by atoms with Crippen LogP contribution in [-0.4, -0.2) is 92.4 Å². The molecular formula is C74H86N14O7. The lowest BCUT2D eigenvalue weighted by Crippen LogP contribution is -2.52. The van der Waals surface area contributed by atoms with Crippen molar-refractivity contribution in [3.05, 3.63) is 167 Å². The zero-order valence-corrected chi connectivity index (χ0v) is 55.3. The smallest absolute Gasteiger partial charge is 0.271 e. The van der Waals surface area contributed by atoms with E-state index in [1.54, 1.807) is 12.1 Å². The lowest BCUT2D eigenvalue weighted by atomic mass is 9.75. The summed E-state index contributed by atoms with van der Waals surface area (Å²) in [4.78, 5) is 59.3. The Morgan fingerprint density at radius 3 is 1.41 bits per heavy atom. The fraction of sp³-hybridized carbons (Fsp3) is 0.392. The summed E-state index contributed by atoms with van der Waals surface area (Å²) < 4.78 is 29.1. The van der Waals surface area contributed by atoms with Gasteiger partial charge in [-0.15, -0.1) is 10.2 Å². The van der Waals surface area contributed by atoms with Gasteiger partial charge in [-0.2, -0.15) is 0 Å². The minimum atomic E-state index is -0.571. The van der Waals surface area contributed by atoms with Crippen molar-refractivity contribution in [2.75, 3.05) is 19.8 Å². The number of hydrogen-bond donors (Lipinski definition) is 4. The number of ether oxygens (including phenoxy) is 3. The van der Waals surface area contributed by atoms with Crippen molar-refractivity contribution in [1.82, 2.24) is 64.5 Å². The summed E-state index contributed by atoms with van der Waals surface area (Å²) in [5.41, 5.74) is 16.2. The van der Waals surface area contributed by atoms with E-state index in [1.165, 1.54) is 79.7 Å². The Morgan fingerprint density at radius 1 is 0.558 bits per heavy atom. The Labute approximate surface area is 553 Å². The number of fused-ring (bicyclic) bond motifs is 4. The van der Waals surface area contributed by atoms with Gasteiger partial charge in [0.05, 0.1) is 55.9 Å². The van der Waals surface area contributed by atoms with Gasteiger partial charge < -0.3 is 47.5 Å². The van der Waals surface area contributed by atoms with Gasteiger partial charge in [-0.05, 0) is 193 Å². The van der Waals surface area contributed by atoms with E-state index in [2.05, 4.69) is 78.3 Å². The highest BCUT2D eigenvalue weighted by Gasteiger charge is 2.46. The van der Waals surface area contributed by atoms with Crippen molar-refractivity contribution in [2.45, 2.75) is 140 Å². The predicted molar refractivity (Wildman–Crippen MR) is 368 cm³/mol. The highest BCUT2D eigenvalue weighted by molar-refractivity contribution is 6.03. The van der Waals surface area contributed by atoms with Crippen molar-refractivity contribution in [2.24, 2.45) is 34.0 Å². The number of hydrazine groups is 1. The van der Waals surface area contributed by atoms with Crippen LogP contribution in [0.4, 0.5) is 0 Å². The van der Waals surface area contributed by atoms with Gasteiger partial charge in [0.15, 0.2) is 0 Å². The van der Waals surface area contributed by atoms with Crippen LogP contribution < -0.4 is 21.9 Å². The van der Waals surface area contributed by atoms with Crippen molar-refractivity contribution in [1.29, 1.82) is 0 Å². The fourth-order valence-corrected chi connectivity index (χ4v) is 15.0. The topological polar surface area (TPSA) is 251 Å². The second-order valence-corrected chi connectivity index (χ2v) is 25.5. The quantitative estimate of drug-likeness (QED) is 0.0270. The van der Waals surface area contributed by atoms with Crippen LogP contribution in [0, 0.1) is 0 Å². The molecular weight excluding hydrogens is 1200 g/mol. The zero-order valence-electron chi connectivity index (χ0n) is 55.3. The molecule has 95 heavy (non-hydrogen) atoms. The molecule has 0 saturated heterocycles. The maximum Gasteiger partial charge on any atom is 0.271 e. The molecule has 4 saturated carbocycles. The van der Waals surface area contributed by atoms with Crippen LogP contribution in [0.15, 0.2) is 132 Å². The number of pyridine rings is 2. The molecule has 5 N–H and O–H groups in total. The van der Waals surface area contributed by atoms with Gasteiger partial charge in [0.25, 0.3) is 24.2 Å². The lowest BCUT2D eigenvalue weighted by Gasteiger charge is -2.41. The fourth-order valence-electron chi connectivity index (χ4n) is 15.0. The van der Waals surface area contributed by atoms with E-state index in [-0.39, 0.29) is 19.1 Å². The second kappa shape index (κ2) is 27.5. The van der Waals surface area contributed by atoms with E-state index in [9.17, 15) is 14.4 Å². The summed E-state index contributed by atoms with van der Waals surface area (Å²) in [6.45, 7) is 7.10. The predicted octanol–water partition coefficient (Wildman–Crippen LogP) is 13.5. The number of nitrogens with one attached hydrogen (secondary N) is 3. The number of benzene rings is 4. The Balaban J connectivity index is 0.000000159. The first-order chi connectivity index (χ1) is 46.3. The number of aromatic nitrogens is 10. The molecule has 0 radical (unpaired) electrons. The largest absolute Gasteiger partial charge is 0.423 e. The Bertz CT molecular complexity index is 4560. The van der Waals surface area contributed by atoms with Gasteiger partial charge >= 0.3 is 0 Å². The number of nitrogens with two attached hydrogens (primary N) is 1. The monoisotopic (exact) mass is 1280 g/mol. The van der Waals surface area contributed by atoms with Crippen molar-refractivity contribution in [3.63, 3.8) is 0 Å². The lowest BCUT2D eigenvalue weighted by molar-refractivity contribution is -0.282. The highest BCUT2D eigenvalue weighted by atomic mass is 16.8. The van der Waals surface area contributed by atoms with Crippen LogP contribution in [0.5, 0.6) is 0 Å². The van der Waals surface area contributed by atoms with Gasteiger partial charge in [-0.3, -0.25) is 29.8 Å². The number of rotatable bonds is 18. The molecule has 0 spiro atoms. The number of amides is 3. The average molecular weight is 1280 g/mol. The zero-order chi connectivity index (χ0) is 66.0. The minimum absolute atomic E-state index is 0. The number of nitrogens with zero attached hydrogens (tertiary/aromatic N) is 10. The molecule has 21 nitrogen and oxygen atoms in total. The molecule has 0 aliphatic heterocycles. The van der Waals surface area contributed by atoms with Crippen molar-refractivity contribution in [3.8, 4) is 34.2 Å². The van der Waals surface area contributed by atoms with Crippen LogP contribution in [0.1, 0.15) is 178 Å². The number of carbonyl (C=O) groups excluding carboxylic acids is 3. The molecule has 0 atom stereocenters. The van der Waals surface area contributed by atoms with E-state index in [0.29, 0.717) is 54.2 Å². The summed E-state index contributed by atoms with van der Waals surface area (Å²) in [5, 5.41) is 17.0. The SMILES string of the molecule is CCOC(OCC)OCC.Cn1c(C2(NC(=O)c3ccc4c(C5CCCC5)c(-c5ccccn5)n(C)c4c3)CCC2)nc2ccc(-c3nnco3)cc21.Cn1c(C2(NC(=O)c3ccc4c(C5CCCC5)c(-c5ccccn5)n(C)c4c3)CCC2)nc2ccc(C(=O)NN)cc21.[HH]. The molecule has 0 bridgehead atoms. The van der Waals surface area contributed by atoms with Crippen LogP contribution >= 0.6 is 0 Å². The van der Waals surface area contributed by atoms with E-state index in [4.69, 9.17) is 44.4 Å². The van der Waals surface area contributed by atoms with Gasteiger partial charge in [-0.25, -0.2) is 15.8 Å². The second-order valence-electron chi connectivity index (χ2n) is 25.5. The van der Waals surface area contributed by atoms with E-state index in [0.717, 1.165) is 112 Å². The molecule has 0 unspecified atom stereocenters. The Hall–Kier alpha value is -9.41. The van der Waals surface area contributed by atoms with Gasteiger partial charge in [0.2, 0.25) is 12.3 Å². The summed E-state index contributed by atoms with van der Waals surface area (Å²) in [5.74, 6) is 7.93. The summed E-state index contributed by atoms with van der Waals surface area (Å²) >= 11 is 0. The number of aryl methyl sites for hydroxylation is 4. The molecule has 21 heteroatoms. The molecule has 7 heterocycles. The summed E-state index contributed by atoms with van der Waals surface area (Å²) in [6, 6.07) is 35.6. The van der Waals surface area contributed by atoms with Gasteiger partial charge in [0, 0.05) is 106 Å². The first-order valence-electron chi connectivity index (χ1n) is 33.6. The van der Waals surface area contributed by atoms with Crippen LogP contribution in [0.3, 0.4) is 0 Å². The first kappa shape index (κ1) is 64.3. The Kier molecular flexibility index (Phi) is 18.6. The molecule has 4 fully saturated rings. The number of imidazole rings is 2. The molecule has 3 amide bonds. The average Bonchev–Trinajstić information content (AvgIpc) is 1.72. The van der Waals surface area contributed by atoms with Crippen molar-refractivity contribution >= 4 is 61.6 Å². The van der Waals surface area contributed by atoms with Crippen LogP contribution in [0.2, 0.25) is 0 Å². The van der Waals surface area contributed by atoms with Crippen molar-refractivity contribution < 1.29 is 34.4 Å². The van der Waals surface area contributed by atoms with E-state index >= 15 is 0 Å². The Morgan fingerprint density at radius 2 is 1.00 bits per heavy atom. The third-order valence-electron chi connectivity index (χ3n) is 20.0. The maximum absolute atomic E-state index is 13.9. The number of hydrogen-bond acceptors (Lipinski definition) is 14. The van der Waals surface area contributed by atoms with E-state index in [1.807, 2.05) is 125 Å². The number of carbonyl (C=O) groups is 3. The van der Waals surface area contributed by atoms with E-state index < -0.39 is 17.6 Å². The van der Waals surface area contributed by atoms with Crippen LogP contribution in [-0.2, 0) is 53.5 Å². The third kappa shape index (κ3) is 12.3. The van der Waals surface area contributed by atoms with Gasteiger partial charge in [-0.1, -0.05) is 49.9 Å². The molecule has 4 aliphatic rings. The summed E-state index contributed by atoms with van der Waals surface area (Å²) in [7, 11) is 8.12. The number of nitrogen functional groups attached to an aromatic ring is 1. The normalized spacial score (nSPS) is 16.0. The minimum Gasteiger partial charge on any atom is -0.423 e. The molecule has 15 rings (SSSR count). The molecule has 494 valence electrons. The van der Waals surface area contributed by atoms with Gasteiger partial charge in [0.1, 0.15) is 11.6 Å². The molecule has 7 aromatic heterocycles.